The summed E-state index contributed by atoms with van der Waals surface area (Å²) < 4.78 is 1.94. The molecule has 1 saturated heterocycles. The van der Waals surface area contributed by atoms with Crippen LogP contribution < -0.4 is 5.32 Å². The third-order valence-electron chi connectivity index (χ3n) is 4.04. The minimum Gasteiger partial charge on any atom is -0.342 e. The smallest absolute Gasteiger partial charge is 0.270 e. The molecule has 1 unspecified atom stereocenters. The van der Waals surface area contributed by atoms with Crippen molar-refractivity contribution in [1.82, 2.24) is 14.8 Å². The van der Waals surface area contributed by atoms with E-state index in [1.54, 1.807) is 6.07 Å². The van der Waals surface area contributed by atoms with Crippen LogP contribution in [-0.4, -0.2) is 41.6 Å². The van der Waals surface area contributed by atoms with E-state index in [0.29, 0.717) is 16.8 Å². The first-order valence-corrected chi connectivity index (χ1v) is 7.86. The summed E-state index contributed by atoms with van der Waals surface area (Å²) in [6.45, 7) is 4.61. The number of piperidine rings is 1. The fourth-order valence-corrected chi connectivity index (χ4v) is 3.16. The molecule has 0 radical (unpaired) electrons. The van der Waals surface area contributed by atoms with Crippen molar-refractivity contribution < 1.29 is 4.79 Å². The largest absolute Gasteiger partial charge is 0.342 e. The van der Waals surface area contributed by atoms with Gasteiger partial charge in [0, 0.05) is 25.3 Å². The van der Waals surface area contributed by atoms with Gasteiger partial charge < -0.3 is 14.8 Å². The molecule has 1 aliphatic rings. The van der Waals surface area contributed by atoms with E-state index in [9.17, 15) is 4.79 Å². The lowest BCUT2D eigenvalue weighted by Crippen LogP contribution is -2.45. The molecule has 0 saturated carbocycles. The van der Waals surface area contributed by atoms with Crippen LogP contribution in [0.15, 0.2) is 12.3 Å². The summed E-state index contributed by atoms with van der Waals surface area (Å²) in [7, 11) is 1.96. The molecule has 112 valence electrons. The molecule has 0 bridgehead atoms. The number of carbonyl (C=O) groups is 1. The highest BCUT2D eigenvalue weighted by atomic mass is 35.5. The van der Waals surface area contributed by atoms with Crippen molar-refractivity contribution in [3.8, 4) is 0 Å². The minimum absolute atomic E-state index is 0.125. The van der Waals surface area contributed by atoms with Crippen LogP contribution in [0, 0.1) is 0 Å². The minimum atomic E-state index is 0.125. The molecule has 1 aliphatic heterocycles. The molecule has 20 heavy (non-hydrogen) atoms. The van der Waals surface area contributed by atoms with Crippen LogP contribution in [0.4, 0.5) is 0 Å². The molecule has 1 aromatic rings. The molecular weight excluding hydrogens is 274 g/mol. The van der Waals surface area contributed by atoms with Gasteiger partial charge in [0.2, 0.25) is 0 Å². The van der Waals surface area contributed by atoms with Gasteiger partial charge in [0.05, 0.1) is 5.02 Å². The van der Waals surface area contributed by atoms with E-state index in [-0.39, 0.29) is 5.91 Å². The van der Waals surface area contributed by atoms with Crippen LogP contribution >= 0.6 is 11.6 Å². The number of likely N-dealkylation sites (tertiary alicyclic amines) is 1. The average molecular weight is 298 g/mol. The fraction of sp³-hybridized carbons (Fsp3) is 0.667. The van der Waals surface area contributed by atoms with Gasteiger partial charge in [0.1, 0.15) is 5.69 Å². The van der Waals surface area contributed by atoms with Crippen LogP contribution in [-0.2, 0) is 6.54 Å². The standard InChI is InChI=1S/C15H24ClN3O/c1-3-18-11-12(16)10-14(18)15(20)19-9-5-4-6-13(19)7-8-17-2/h10-11,13,17H,3-9H2,1-2H3. The maximum Gasteiger partial charge on any atom is 0.270 e. The number of nitrogens with one attached hydrogen (secondary N) is 1. The number of amides is 1. The molecule has 2 heterocycles. The van der Waals surface area contributed by atoms with Gasteiger partial charge in [-0.05, 0) is 52.3 Å². The Balaban J connectivity index is 2.16. The molecule has 1 aromatic heterocycles. The third-order valence-corrected chi connectivity index (χ3v) is 4.25. The molecule has 1 N–H and O–H groups in total. The Morgan fingerprint density at radius 2 is 2.30 bits per heavy atom. The molecule has 5 heteroatoms. The Labute approximate surface area is 126 Å². The summed E-state index contributed by atoms with van der Waals surface area (Å²) in [4.78, 5) is 14.8. The number of aryl methyl sites for hydroxylation is 1. The number of rotatable bonds is 5. The molecule has 0 aliphatic carbocycles. The van der Waals surface area contributed by atoms with Gasteiger partial charge in [-0.2, -0.15) is 0 Å². The molecule has 0 aromatic carbocycles. The third kappa shape index (κ3) is 3.36. The Hall–Kier alpha value is -1.00. The van der Waals surface area contributed by atoms with Crippen molar-refractivity contribution in [3.63, 3.8) is 0 Å². The van der Waals surface area contributed by atoms with Gasteiger partial charge >= 0.3 is 0 Å². The highest BCUT2D eigenvalue weighted by molar-refractivity contribution is 6.31. The molecule has 1 atom stereocenters. The molecular formula is C15H24ClN3O. The summed E-state index contributed by atoms with van der Waals surface area (Å²) in [6, 6.07) is 2.14. The van der Waals surface area contributed by atoms with Gasteiger partial charge in [-0.3, -0.25) is 4.79 Å². The second-order valence-electron chi connectivity index (χ2n) is 5.37. The molecule has 1 amide bonds. The van der Waals surface area contributed by atoms with E-state index in [1.165, 1.54) is 6.42 Å². The second-order valence-corrected chi connectivity index (χ2v) is 5.81. The van der Waals surface area contributed by atoms with Crippen LogP contribution in [0.5, 0.6) is 0 Å². The summed E-state index contributed by atoms with van der Waals surface area (Å²) >= 11 is 6.05. The Bertz CT molecular complexity index is 458. The lowest BCUT2D eigenvalue weighted by Gasteiger charge is -2.36. The average Bonchev–Trinajstić information content (AvgIpc) is 2.85. The van der Waals surface area contributed by atoms with Crippen molar-refractivity contribution in [3.05, 3.63) is 23.0 Å². The van der Waals surface area contributed by atoms with Crippen molar-refractivity contribution in [1.29, 1.82) is 0 Å². The monoisotopic (exact) mass is 297 g/mol. The van der Waals surface area contributed by atoms with Gasteiger partial charge in [-0.1, -0.05) is 11.6 Å². The first-order chi connectivity index (χ1) is 9.67. The van der Waals surface area contributed by atoms with Crippen molar-refractivity contribution >= 4 is 17.5 Å². The Morgan fingerprint density at radius 1 is 1.50 bits per heavy atom. The maximum atomic E-state index is 12.8. The number of hydrogen-bond acceptors (Lipinski definition) is 2. The van der Waals surface area contributed by atoms with Crippen molar-refractivity contribution in [2.24, 2.45) is 0 Å². The highest BCUT2D eigenvalue weighted by Gasteiger charge is 2.28. The number of aromatic nitrogens is 1. The van der Waals surface area contributed by atoms with Gasteiger partial charge in [0.15, 0.2) is 0 Å². The topological polar surface area (TPSA) is 37.3 Å². The lowest BCUT2D eigenvalue weighted by atomic mass is 9.99. The molecule has 1 fully saturated rings. The van der Waals surface area contributed by atoms with Crippen molar-refractivity contribution in [2.75, 3.05) is 20.1 Å². The highest BCUT2D eigenvalue weighted by Crippen LogP contribution is 2.23. The van der Waals surface area contributed by atoms with Crippen molar-refractivity contribution in [2.45, 2.75) is 45.2 Å². The first kappa shape index (κ1) is 15.4. The summed E-state index contributed by atoms with van der Waals surface area (Å²) in [5.41, 5.74) is 0.717. The fourth-order valence-electron chi connectivity index (χ4n) is 2.94. The first-order valence-electron chi connectivity index (χ1n) is 7.48. The van der Waals surface area contributed by atoms with Crippen LogP contribution in [0.25, 0.3) is 0 Å². The van der Waals surface area contributed by atoms with E-state index in [0.717, 1.165) is 38.9 Å². The SMILES string of the molecule is CCn1cc(Cl)cc1C(=O)N1CCCCC1CCNC. The van der Waals surface area contributed by atoms with E-state index < -0.39 is 0 Å². The van der Waals surface area contributed by atoms with Crippen LogP contribution in [0.1, 0.15) is 43.1 Å². The number of nitrogens with zero attached hydrogens (tertiary/aromatic N) is 2. The van der Waals surface area contributed by atoms with E-state index >= 15 is 0 Å². The summed E-state index contributed by atoms with van der Waals surface area (Å²) in [5, 5.41) is 3.81. The zero-order valence-corrected chi connectivity index (χ0v) is 13.1. The quantitative estimate of drug-likeness (QED) is 0.907. The van der Waals surface area contributed by atoms with E-state index in [4.69, 9.17) is 11.6 Å². The molecule has 2 rings (SSSR count). The van der Waals surface area contributed by atoms with Gasteiger partial charge in [0.25, 0.3) is 5.91 Å². The number of carbonyl (C=O) groups excluding carboxylic acids is 1. The lowest BCUT2D eigenvalue weighted by molar-refractivity contribution is 0.0591. The molecule has 0 spiro atoms. The summed E-state index contributed by atoms with van der Waals surface area (Å²) in [6.07, 6.45) is 6.27. The Kier molecular flexibility index (Phi) is 5.49. The molecule has 4 nitrogen and oxygen atoms in total. The number of hydrogen-bond donors (Lipinski definition) is 1. The van der Waals surface area contributed by atoms with Crippen LogP contribution in [0.2, 0.25) is 5.02 Å². The predicted octanol–water partition coefficient (Wildman–Crippen LogP) is 2.77. The zero-order valence-electron chi connectivity index (χ0n) is 12.4. The van der Waals surface area contributed by atoms with E-state index in [2.05, 4.69) is 5.32 Å². The predicted molar refractivity (Wildman–Crippen MR) is 82.3 cm³/mol. The normalized spacial score (nSPS) is 19.4. The Morgan fingerprint density at radius 3 is 3.00 bits per heavy atom. The number of halogens is 1. The van der Waals surface area contributed by atoms with Gasteiger partial charge in [-0.25, -0.2) is 0 Å². The van der Waals surface area contributed by atoms with Crippen LogP contribution in [0.3, 0.4) is 0 Å². The second kappa shape index (κ2) is 7.14. The van der Waals surface area contributed by atoms with Gasteiger partial charge in [-0.15, -0.1) is 0 Å². The van der Waals surface area contributed by atoms with E-state index in [1.807, 2.05) is 29.6 Å². The maximum absolute atomic E-state index is 12.8. The zero-order chi connectivity index (χ0) is 14.5. The summed E-state index contributed by atoms with van der Waals surface area (Å²) in [5.74, 6) is 0.125.